The van der Waals surface area contributed by atoms with E-state index in [0.717, 1.165) is 12.2 Å². The lowest BCUT2D eigenvalue weighted by Crippen LogP contribution is -2.58. The maximum absolute atomic E-state index is 14.0. The molecule has 0 amide bonds. The first-order chi connectivity index (χ1) is 25.6. The number of hydrogen-bond donors (Lipinski definition) is 2. The quantitative estimate of drug-likeness (QED) is 0.147. The molecule has 0 aromatic heterocycles. The molecular weight excluding hydrogens is 776 g/mol. The van der Waals surface area contributed by atoms with E-state index in [1.165, 1.54) is 26.8 Å². The van der Waals surface area contributed by atoms with Crippen molar-refractivity contribution in [3.05, 3.63) is 101 Å². The van der Waals surface area contributed by atoms with E-state index in [2.05, 4.69) is 15.9 Å². The highest BCUT2D eigenvalue weighted by molar-refractivity contribution is 9.10. The van der Waals surface area contributed by atoms with E-state index < -0.39 is 46.8 Å². The Bertz CT molecular complexity index is 2190. The zero-order valence-corrected chi connectivity index (χ0v) is 34.3. The van der Waals surface area contributed by atoms with Crippen LogP contribution >= 0.6 is 15.9 Å². The fourth-order valence-electron chi connectivity index (χ4n) is 6.73. The van der Waals surface area contributed by atoms with Crippen molar-refractivity contribution in [3.63, 3.8) is 0 Å². The number of ether oxygens (including phenoxy) is 4. The van der Waals surface area contributed by atoms with Crippen LogP contribution in [0.25, 0.3) is 0 Å². The Balaban J connectivity index is 1.69. The molecule has 13 heteroatoms. The maximum atomic E-state index is 14.0. The minimum atomic E-state index is -2.68. The van der Waals surface area contributed by atoms with Gasteiger partial charge in [0.25, 0.3) is 0 Å². The molecule has 0 saturated carbocycles. The van der Waals surface area contributed by atoms with E-state index in [4.69, 9.17) is 18.9 Å². The second-order valence-corrected chi connectivity index (χ2v) is 14.4. The van der Waals surface area contributed by atoms with Crippen LogP contribution in [0, 0.1) is 55.4 Å². The molecule has 2 N–H and O–H groups in total. The van der Waals surface area contributed by atoms with Gasteiger partial charge in [-0.3, -0.25) is 9.59 Å². The minimum absolute atomic E-state index is 0.0814. The smallest absolute Gasteiger partial charge is 0.347 e. The predicted molar refractivity (Wildman–Crippen MR) is 204 cm³/mol. The summed E-state index contributed by atoms with van der Waals surface area (Å²) in [6, 6.07) is 1.53. The van der Waals surface area contributed by atoms with Crippen LogP contribution in [-0.2, 0) is 20.7 Å². The lowest BCUT2D eigenvalue weighted by atomic mass is 9.87. The van der Waals surface area contributed by atoms with Crippen LogP contribution in [0.5, 0.6) is 23.0 Å². The van der Waals surface area contributed by atoms with Gasteiger partial charge >= 0.3 is 23.9 Å². The molecule has 1 aliphatic carbocycles. The summed E-state index contributed by atoms with van der Waals surface area (Å²) in [7, 11) is 0. The number of carbonyl (C=O) groups is 5. The van der Waals surface area contributed by atoms with Gasteiger partial charge in [0.05, 0.1) is 23.3 Å². The molecule has 3 aromatic carbocycles. The molecule has 0 radical (unpaired) electrons. The summed E-state index contributed by atoms with van der Waals surface area (Å²) in [5.74, 6) is -5.33. The van der Waals surface area contributed by atoms with Crippen LogP contribution < -0.4 is 19.3 Å². The van der Waals surface area contributed by atoms with Crippen molar-refractivity contribution < 1.29 is 58.2 Å². The van der Waals surface area contributed by atoms with E-state index in [0.29, 0.717) is 51.8 Å². The van der Waals surface area contributed by atoms with Gasteiger partial charge in [0.2, 0.25) is 0 Å². The number of phenols is 1. The Kier molecular flexibility index (Phi) is 12.5. The summed E-state index contributed by atoms with van der Waals surface area (Å²) < 4.78 is 22.7. The SMILES string of the molecule is CCCOC1=CC(=O)C=C(C)C1([O-])C(=O)Oc1c(C)c(C)c(C(=O)Oc2cc(C)c(C(=O)Oc3c(C)c(C)c(C(=O)O)c(C)c3C)c(C)c2CC)c(O)c1Br. The monoisotopic (exact) mass is 819 g/mol. The highest BCUT2D eigenvalue weighted by Gasteiger charge is 2.40. The second-order valence-electron chi connectivity index (χ2n) is 13.6. The Morgan fingerprint density at radius 1 is 0.745 bits per heavy atom. The van der Waals surface area contributed by atoms with Crippen LogP contribution in [0.4, 0.5) is 0 Å². The first kappa shape index (κ1) is 42.5. The van der Waals surface area contributed by atoms with E-state index in [9.17, 15) is 39.3 Å². The van der Waals surface area contributed by atoms with Gasteiger partial charge in [-0.05, 0) is 153 Å². The molecule has 12 nitrogen and oxygen atoms in total. The second kappa shape index (κ2) is 16.2. The number of halogens is 1. The summed E-state index contributed by atoms with van der Waals surface area (Å²) >= 11 is 3.22. The maximum Gasteiger partial charge on any atom is 0.347 e. The molecule has 1 unspecified atom stereocenters. The van der Waals surface area contributed by atoms with Crippen LogP contribution in [0.1, 0.15) is 108 Å². The van der Waals surface area contributed by atoms with Gasteiger partial charge in [0.1, 0.15) is 33.0 Å². The number of rotatable bonds is 11. The Morgan fingerprint density at radius 2 is 1.29 bits per heavy atom. The summed E-state index contributed by atoms with van der Waals surface area (Å²) in [4.78, 5) is 65.2. The van der Waals surface area contributed by atoms with Gasteiger partial charge < -0.3 is 34.3 Å². The van der Waals surface area contributed by atoms with Gasteiger partial charge in [-0.2, -0.15) is 0 Å². The van der Waals surface area contributed by atoms with Crippen molar-refractivity contribution in [3.8, 4) is 23.0 Å². The van der Waals surface area contributed by atoms with Crippen molar-refractivity contribution in [2.75, 3.05) is 6.61 Å². The molecule has 0 fully saturated rings. The highest BCUT2D eigenvalue weighted by atomic mass is 79.9. The van der Waals surface area contributed by atoms with Gasteiger partial charge in [-0.15, -0.1) is 0 Å². The van der Waals surface area contributed by atoms with Gasteiger partial charge in [-0.25, -0.2) is 14.4 Å². The Labute approximate surface area is 327 Å². The number of ketones is 1. The Morgan fingerprint density at radius 3 is 1.84 bits per heavy atom. The summed E-state index contributed by atoms with van der Waals surface area (Å²) in [6.07, 6.45) is 2.84. The van der Waals surface area contributed by atoms with E-state index in [1.54, 1.807) is 48.5 Å². The number of aryl methyl sites for hydroxylation is 1. The third-order valence-corrected chi connectivity index (χ3v) is 10.9. The number of hydrogen-bond acceptors (Lipinski definition) is 11. The van der Waals surface area contributed by atoms with Crippen molar-refractivity contribution in [2.24, 2.45) is 0 Å². The number of esters is 3. The molecule has 0 heterocycles. The number of carboxylic acids is 1. The minimum Gasteiger partial charge on any atom is -0.832 e. The first-order valence-corrected chi connectivity index (χ1v) is 18.4. The average Bonchev–Trinajstić information content (AvgIpc) is 3.10. The third-order valence-electron chi connectivity index (χ3n) is 10.2. The van der Waals surface area contributed by atoms with E-state index in [1.807, 2.05) is 6.92 Å². The molecule has 0 spiro atoms. The first-order valence-electron chi connectivity index (χ1n) is 17.6. The lowest BCUT2D eigenvalue weighted by Gasteiger charge is -2.41. The zero-order chi connectivity index (χ0) is 41.4. The number of carboxylic acid groups (broad SMARTS) is 1. The number of allylic oxidation sites excluding steroid dienone is 2. The molecule has 4 rings (SSSR count). The van der Waals surface area contributed by atoms with E-state index in [-0.39, 0.29) is 61.7 Å². The van der Waals surface area contributed by atoms with Gasteiger partial charge in [0.15, 0.2) is 11.5 Å². The molecule has 55 heavy (non-hydrogen) atoms. The molecule has 1 aliphatic rings. The highest BCUT2D eigenvalue weighted by Crippen LogP contribution is 2.44. The molecule has 292 valence electrons. The molecule has 0 saturated heterocycles. The van der Waals surface area contributed by atoms with Crippen LogP contribution in [0.15, 0.2) is 34.0 Å². The number of benzene rings is 3. The topological polar surface area (TPSA) is 186 Å². The molecule has 0 bridgehead atoms. The molecule has 3 aromatic rings. The van der Waals surface area contributed by atoms with Crippen LogP contribution in [-0.4, -0.2) is 52.1 Å². The van der Waals surface area contributed by atoms with Gasteiger partial charge in [0, 0.05) is 6.08 Å². The molecule has 1 atom stereocenters. The summed E-state index contributed by atoms with van der Waals surface area (Å²) in [5, 5.41) is 35.0. The van der Waals surface area contributed by atoms with Crippen molar-refractivity contribution >= 4 is 45.6 Å². The van der Waals surface area contributed by atoms with Crippen molar-refractivity contribution in [2.45, 2.75) is 94.6 Å². The standard InChI is InChI=1S/C42H44BrO12/c1-12-14-52-30-17-27(44)16-19(4)42(30,51)41(50)55-37-25(10)22(7)33(35(45)34(37)43)40(49)53-29-15-18(3)31(26(11)28(29)13-2)39(48)54-36-23(8)20(5)32(38(46)47)21(6)24(36)9/h15-17,45H,12-14H2,1-11H3,(H,46,47)/q-1. The molecule has 0 aliphatic heterocycles. The van der Waals surface area contributed by atoms with E-state index >= 15 is 0 Å². The number of aromatic hydroxyl groups is 1. The fourth-order valence-corrected chi connectivity index (χ4v) is 7.31. The van der Waals surface area contributed by atoms with Crippen molar-refractivity contribution in [1.29, 1.82) is 0 Å². The van der Waals surface area contributed by atoms with Crippen molar-refractivity contribution in [1.82, 2.24) is 0 Å². The largest absolute Gasteiger partial charge is 0.832 e. The van der Waals surface area contributed by atoms with Crippen LogP contribution in [0.2, 0.25) is 0 Å². The van der Waals surface area contributed by atoms with Crippen LogP contribution in [0.3, 0.4) is 0 Å². The summed E-state index contributed by atoms with van der Waals surface area (Å²) in [6.45, 7) is 18.1. The molecular formula is C42H44BrO12-. The number of phenolic OH excluding ortho intramolecular Hbond substituents is 1. The number of aromatic carboxylic acids is 1. The average molecular weight is 821 g/mol. The third kappa shape index (κ3) is 7.55. The predicted octanol–water partition coefficient (Wildman–Crippen LogP) is 7.17. The number of carbonyl (C=O) groups excluding carboxylic acids is 4. The Hall–Kier alpha value is -5.27. The lowest BCUT2D eigenvalue weighted by molar-refractivity contribution is -0.441. The van der Waals surface area contributed by atoms with Gasteiger partial charge in [-0.1, -0.05) is 19.4 Å². The fraction of sp³-hybridized carbons (Fsp3) is 0.357. The summed E-state index contributed by atoms with van der Waals surface area (Å²) in [5.41, 5.74) is 1.26. The normalized spacial score (nSPS) is 15.3. The zero-order valence-electron chi connectivity index (χ0n) is 32.7.